The molecule has 0 unspecified atom stereocenters. The van der Waals surface area contributed by atoms with Crippen molar-refractivity contribution in [3.05, 3.63) is 94.3 Å². The van der Waals surface area contributed by atoms with E-state index in [2.05, 4.69) is 16.0 Å². The first-order chi connectivity index (χ1) is 18.5. The first-order valence-electron chi connectivity index (χ1n) is 12.3. The Morgan fingerprint density at radius 3 is 2.74 bits per heavy atom. The van der Waals surface area contributed by atoms with E-state index >= 15 is 0 Å². The van der Waals surface area contributed by atoms with Crippen LogP contribution in [0.3, 0.4) is 0 Å². The highest BCUT2D eigenvalue weighted by Gasteiger charge is 2.29. The van der Waals surface area contributed by atoms with Gasteiger partial charge in [-0.05, 0) is 36.4 Å². The van der Waals surface area contributed by atoms with Gasteiger partial charge >= 0.3 is 0 Å². The molecule has 6 rings (SSSR count). The van der Waals surface area contributed by atoms with Gasteiger partial charge in [-0.15, -0.1) is 0 Å². The van der Waals surface area contributed by atoms with E-state index in [-0.39, 0.29) is 34.9 Å². The van der Waals surface area contributed by atoms with Crippen LogP contribution in [-0.2, 0) is 6.54 Å². The molecule has 1 atom stereocenters. The Morgan fingerprint density at radius 1 is 1.11 bits per heavy atom. The van der Waals surface area contributed by atoms with Crippen molar-refractivity contribution < 1.29 is 8.78 Å². The van der Waals surface area contributed by atoms with E-state index in [1.165, 1.54) is 21.5 Å². The van der Waals surface area contributed by atoms with E-state index in [1.807, 2.05) is 35.2 Å². The number of rotatable bonds is 4. The molecule has 0 saturated carbocycles. The average Bonchev–Trinajstić information content (AvgIpc) is 3.27. The summed E-state index contributed by atoms with van der Waals surface area (Å²) in [5.74, 6) is -1.67. The van der Waals surface area contributed by atoms with Crippen LogP contribution in [0, 0.1) is 23.0 Å². The molecule has 2 aromatic carbocycles. The Kier molecular flexibility index (Phi) is 5.85. The monoisotopic (exact) mass is 511 g/mol. The standard InChI is InChI=1S/C28H23F2N7O/c29-22-8-7-19(12-23(22)30)37-26-25(21(13-31)27(37)35-11-3-5-18(32)14-35)34-16-36(28(26)38)15-24-20-6-2-1-4-17(20)9-10-33-24/h1-2,4,6-10,12,16,18H,3,5,11,14-15,32H2/t18-/m0/s1. The van der Waals surface area contributed by atoms with Gasteiger partial charge in [0.2, 0.25) is 0 Å². The van der Waals surface area contributed by atoms with Crippen molar-refractivity contribution in [3.63, 3.8) is 0 Å². The molecule has 0 radical (unpaired) electrons. The first kappa shape index (κ1) is 23.8. The van der Waals surface area contributed by atoms with Crippen molar-refractivity contribution in [2.24, 2.45) is 5.73 Å². The number of aromatic nitrogens is 4. The van der Waals surface area contributed by atoms with E-state index in [1.54, 1.807) is 6.20 Å². The largest absolute Gasteiger partial charge is 0.355 e. The van der Waals surface area contributed by atoms with Gasteiger partial charge in [-0.3, -0.25) is 18.9 Å². The smallest absolute Gasteiger partial charge is 0.278 e. The maximum Gasteiger partial charge on any atom is 0.278 e. The summed E-state index contributed by atoms with van der Waals surface area (Å²) in [5.41, 5.74) is 7.18. The number of pyridine rings is 1. The minimum atomic E-state index is -1.06. The van der Waals surface area contributed by atoms with Crippen molar-refractivity contribution >= 4 is 27.6 Å². The molecule has 10 heteroatoms. The number of hydrogen-bond acceptors (Lipinski definition) is 6. The summed E-state index contributed by atoms with van der Waals surface area (Å²) < 4.78 is 31.2. The maximum atomic E-state index is 14.4. The third kappa shape index (κ3) is 3.88. The molecule has 190 valence electrons. The summed E-state index contributed by atoms with van der Waals surface area (Å²) in [4.78, 5) is 24.9. The number of piperidine rings is 1. The molecular weight excluding hydrogens is 488 g/mol. The summed E-state index contributed by atoms with van der Waals surface area (Å²) in [7, 11) is 0. The summed E-state index contributed by atoms with van der Waals surface area (Å²) in [6.07, 6.45) is 4.70. The summed E-state index contributed by atoms with van der Waals surface area (Å²) in [5, 5.41) is 12.1. The molecule has 5 aromatic rings. The fourth-order valence-corrected chi connectivity index (χ4v) is 5.25. The summed E-state index contributed by atoms with van der Waals surface area (Å²) in [6, 6.07) is 15.1. The number of nitrogens with zero attached hydrogens (tertiary/aromatic N) is 6. The van der Waals surface area contributed by atoms with Crippen molar-refractivity contribution in [1.82, 2.24) is 19.1 Å². The number of benzene rings is 2. The number of fused-ring (bicyclic) bond motifs is 2. The lowest BCUT2D eigenvalue weighted by Gasteiger charge is -2.33. The Balaban J connectivity index is 1.61. The van der Waals surface area contributed by atoms with E-state index < -0.39 is 17.2 Å². The van der Waals surface area contributed by atoms with Gasteiger partial charge in [0, 0.05) is 36.8 Å². The highest BCUT2D eigenvalue weighted by atomic mass is 19.2. The molecule has 2 N–H and O–H groups in total. The number of nitrogens with two attached hydrogens (primary N) is 1. The summed E-state index contributed by atoms with van der Waals surface area (Å²) in [6.45, 7) is 1.18. The highest BCUT2D eigenvalue weighted by Crippen LogP contribution is 2.35. The van der Waals surface area contributed by atoms with E-state index in [0.717, 1.165) is 35.7 Å². The molecule has 4 heterocycles. The number of anilines is 1. The molecule has 38 heavy (non-hydrogen) atoms. The van der Waals surface area contributed by atoms with Crippen LogP contribution in [0.2, 0.25) is 0 Å². The maximum absolute atomic E-state index is 14.4. The predicted octanol–water partition coefficient (Wildman–Crippen LogP) is 3.86. The van der Waals surface area contributed by atoms with Gasteiger partial charge in [0.1, 0.15) is 28.5 Å². The average molecular weight is 512 g/mol. The second kappa shape index (κ2) is 9.36. The minimum Gasteiger partial charge on any atom is -0.355 e. The second-order valence-electron chi connectivity index (χ2n) is 9.45. The highest BCUT2D eigenvalue weighted by molar-refractivity contribution is 5.91. The van der Waals surface area contributed by atoms with Crippen molar-refractivity contribution in [3.8, 4) is 11.8 Å². The van der Waals surface area contributed by atoms with Crippen LogP contribution in [0.5, 0.6) is 0 Å². The quantitative estimate of drug-likeness (QED) is 0.393. The molecule has 0 spiro atoms. The van der Waals surface area contributed by atoms with E-state index in [0.29, 0.717) is 24.6 Å². The van der Waals surface area contributed by atoms with E-state index in [4.69, 9.17) is 5.73 Å². The number of hydrogen-bond donors (Lipinski definition) is 1. The Labute approximate surface area is 216 Å². The molecular formula is C28H23F2N7O. The number of nitriles is 1. The third-order valence-corrected chi connectivity index (χ3v) is 7.02. The van der Waals surface area contributed by atoms with Crippen molar-refractivity contribution in [2.45, 2.75) is 25.4 Å². The topological polar surface area (TPSA) is 106 Å². The fourth-order valence-electron chi connectivity index (χ4n) is 5.25. The molecule has 3 aromatic heterocycles. The normalized spacial score (nSPS) is 15.7. The third-order valence-electron chi connectivity index (χ3n) is 7.02. The van der Waals surface area contributed by atoms with Gasteiger partial charge in [0.25, 0.3) is 5.56 Å². The summed E-state index contributed by atoms with van der Waals surface area (Å²) >= 11 is 0. The lowest BCUT2D eigenvalue weighted by Crippen LogP contribution is -2.43. The van der Waals surface area contributed by atoms with Crippen LogP contribution in [0.4, 0.5) is 14.6 Å². The zero-order valence-electron chi connectivity index (χ0n) is 20.3. The van der Waals surface area contributed by atoms with Gasteiger partial charge in [-0.25, -0.2) is 13.8 Å². The molecule has 0 bridgehead atoms. The SMILES string of the molecule is N#Cc1c(N2CCC[C@H](N)C2)n(-c2ccc(F)c(F)c2)c2c(=O)n(Cc3nccc4ccccc34)cnc12. The van der Waals surface area contributed by atoms with Crippen LogP contribution < -0.4 is 16.2 Å². The Morgan fingerprint density at radius 2 is 1.95 bits per heavy atom. The van der Waals surface area contributed by atoms with E-state index in [9.17, 15) is 18.8 Å². The van der Waals surface area contributed by atoms with Crippen LogP contribution >= 0.6 is 0 Å². The minimum absolute atomic E-state index is 0.101. The molecule has 1 aliphatic heterocycles. The molecule has 0 aliphatic carbocycles. The van der Waals surface area contributed by atoms with Gasteiger partial charge in [0.05, 0.1) is 24.3 Å². The van der Waals surface area contributed by atoms with Gasteiger partial charge < -0.3 is 10.6 Å². The van der Waals surface area contributed by atoms with Gasteiger partial charge in [-0.1, -0.05) is 24.3 Å². The van der Waals surface area contributed by atoms with Gasteiger partial charge in [-0.2, -0.15) is 5.26 Å². The molecule has 8 nitrogen and oxygen atoms in total. The molecule has 1 fully saturated rings. The van der Waals surface area contributed by atoms with Crippen LogP contribution in [0.1, 0.15) is 24.1 Å². The lowest BCUT2D eigenvalue weighted by molar-refractivity contribution is 0.500. The predicted molar refractivity (Wildman–Crippen MR) is 140 cm³/mol. The lowest BCUT2D eigenvalue weighted by atomic mass is 10.1. The molecule has 0 amide bonds. The van der Waals surface area contributed by atoms with Crippen LogP contribution in [0.15, 0.2) is 65.8 Å². The Hall–Kier alpha value is -4.62. The van der Waals surface area contributed by atoms with Crippen molar-refractivity contribution in [2.75, 3.05) is 18.0 Å². The van der Waals surface area contributed by atoms with Crippen LogP contribution in [-0.4, -0.2) is 38.2 Å². The first-order valence-corrected chi connectivity index (χ1v) is 12.3. The zero-order chi connectivity index (χ0) is 26.4. The van der Waals surface area contributed by atoms with Crippen LogP contribution in [0.25, 0.3) is 27.5 Å². The molecule has 1 aliphatic rings. The molecule has 1 saturated heterocycles. The number of halogens is 2. The van der Waals surface area contributed by atoms with Gasteiger partial charge in [0.15, 0.2) is 11.6 Å². The fraction of sp³-hybridized carbons (Fsp3) is 0.214. The van der Waals surface area contributed by atoms with Crippen molar-refractivity contribution in [1.29, 1.82) is 5.26 Å². The zero-order valence-corrected chi connectivity index (χ0v) is 20.3. The second-order valence-corrected chi connectivity index (χ2v) is 9.45. The Bertz CT molecular complexity index is 1800.